The zero-order valence-corrected chi connectivity index (χ0v) is 15.0. The molecule has 0 spiro atoms. The van der Waals surface area contributed by atoms with Gasteiger partial charge in [-0.2, -0.15) is 0 Å². The third-order valence-corrected chi connectivity index (χ3v) is 6.04. The molecule has 0 saturated heterocycles. The number of hydrogen-bond acceptors (Lipinski definition) is 4. The summed E-state index contributed by atoms with van der Waals surface area (Å²) in [5.74, 6) is 0.995. The Bertz CT molecular complexity index is 564. The number of aryl methyl sites for hydroxylation is 2. The van der Waals surface area contributed by atoms with Crippen molar-refractivity contribution >= 4 is 34.7 Å². The van der Waals surface area contributed by atoms with Crippen LogP contribution in [0.3, 0.4) is 0 Å². The number of halogens is 1. The molecular weight excluding hydrogens is 320 g/mol. The van der Waals surface area contributed by atoms with Gasteiger partial charge >= 0.3 is 0 Å². The van der Waals surface area contributed by atoms with Crippen molar-refractivity contribution in [3.8, 4) is 0 Å². The zero-order chi connectivity index (χ0) is 15.2. The van der Waals surface area contributed by atoms with Crippen LogP contribution in [0.2, 0.25) is 5.02 Å². The first-order chi connectivity index (χ1) is 10.1. The molecule has 21 heavy (non-hydrogen) atoms. The van der Waals surface area contributed by atoms with Crippen molar-refractivity contribution in [2.45, 2.75) is 38.1 Å². The second-order valence-electron chi connectivity index (χ2n) is 4.95. The summed E-state index contributed by atoms with van der Waals surface area (Å²) in [7, 11) is 0. The molecule has 1 unspecified atom stereocenters. The molecule has 1 atom stereocenters. The topological polar surface area (TPSA) is 24.9 Å². The maximum absolute atomic E-state index is 6.22. The Morgan fingerprint density at radius 3 is 2.71 bits per heavy atom. The summed E-state index contributed by atoms with van der Waals surface area (Å²) in [4.78, 5) is 7.11. The lowest BCUT2D eigenvalue weighted by molar-refractivity contribution is 0.571. The zero-order valence-electron chi connectivity index (χ0n) is 12.6. The van der Waals surface area contributed by atoms with Gasteiger partial charge in [0.1, 0.15) is 0 Å². The van der Waals surface area contributed by atoms with E-state index in [1.165, 1.54) is 9.88 Å². The van der Waals surface area contributed by atoms with E-state index in [9.17, 15) is 0 Å². The van der Waals surface area contributed by atoms with Crippen LogP contribution < -0.4 is 5.32 Å². The summed E-state index contributed by atoms with van der Waals surface area (Å²) in [5, 5.41) is 5.60. The molecule has 0 fully saturated rings. The first kappa shape index (κ1) is 16.8. The maximum Gasteiger partial charge on any atom is 0.0946 e. The van der Waals surface area contributed by atoms with Gasteiger partial charge in [-0.15, -0.1) is 23.1 Å². The van der Waals surface area contributed by atoms with Crippen molar-refractivity contribution in [3.05, 3.63) is 44.9 Å². The lowest BCUT2D eigenvalue weighted by Gasteiger charge is -2.16. The number of thiazole rings is 1. The summed E-state index contributed by atoms with van der Waals surface area (Å²) in [5.41, 5.74) is 1.16. The van der Waals surface area contributed by atoms with Crippen LogP contribution in [0.25, 0.3) is 0 Å². The van der Waals surface area contributed by atoms with Gasteiger partial charge < -0.3 is 5.32 Å². The largest absolute Gasteiger partial charge is 0.313 e. The first-order valence-electron chi connectivity index (χ1n) is 7.13. The highest BCUT2D eigenvalue weighted by molar-refractivity contribution is 7.99. The third-order valence-electron chi connectivity index (χ3n) is 3.26. The molecule has 1 heterocycles. The van der Waals surface area contributed by atoms with Crippen molar-refractivity contribution in [2.24, 2.45) is 0 Å². The summed E-state index contributed by atoms with van der Waals surface area (Å²) in [6.45, 7) is 7.33. The number of likely N-dealkylation sites (N-methyl/N-ethyl adjacent to an activating group) is 1. The highest BCUT2D eigenvalue weighted by Gasteiger charge is 2.13. The molecule has 2 nitrogen and oxygen atoms in total. The Hall–Kier alpha value is -0.550. The van der Waals surface area contributed by atoms with Gasteiger partial charge in [0, 0.05) is 28.0 Å². The van der Waals surface area contributed by atoms with Crippen molar-refractivity contribution in [3.63, 3.8) is 0 Å². The molecule has 0 radical (unpaired) electrons. The van der Waals surface area contributed by atoms with E-state index in [1.807, 2.05) is 30.0 Å². The van der Waals surface area contributed by atoms with Crippen LogP contribution in [-0.4, -0.2) is 23.3 Å². The molecule has 1 N–H and O–H groups in total. The third kappa shape index (κ3) is 4.99. The van der Waals surface area contributed by atoms with Gasteiger partial charge in [-0.3, -0.25) is 0 Å². The average Bonchev–Trinajstić information content (AvgIpc) is 2.76. The molecule has 0 bridgehead atoms. The standard InChI is InChI=1S/C16H21ClN2S2/c1-4-18-13(9-16-19-11(2)12(3)21-16)10-20-15-8-6-5-7-14(15)17/h5-8,13,18H,4,9-10H2,1-3H3. The fraction of sp³-hybridized carbons (Fsp3) is 0.438. The van der Waals surface area contributed by atoms with Crippen LogP contribution in [-0.2, 0) is 6.42 Å². The molecule has 0 aliphatic carbocycles. The number of nitrogens with zero attached hydrogens (tertiary/aromatic N) is 1. The van der Waals surface area contributed by atoms with Gasteiger partial charge in [0.25, 0.3) is 0 Å². The van der Waals surface area contributed by atoms with Crippen LogP contribution in [0.1, 0.15) is 22.5 Å². The minimum absolute atomic E-state index is 0.418. The van der Waals surface area contributed by atoms with Gasteiger partial charge in [0.2, 0.25) is 0 Å². The highest BCUT2D eigenvalue weighted by Crippen LogP contribution is 2.28. The van der Waals surface area contributed by atoms with E-state index in [0.29, 0.717) is 6.04 Å². The Morgan fingerprint density at radius 2 is 2.10 bits per heavy atom. The Kier molecular flexibility index (Phi) is 6.55. The predicted octanol–water partition coefficient (Wildman–Crippen LogP) is 4.73. The Morgan fingerprint density at radius 1 is 1.33 bits per heavy atom. The predicted molar refractivity (Wildman–Crippen MR) is 94.9 cm³/mol. The molecule has 0 aliphatic heterocycles. The van der Waals surface area contributed by atoms with E-state index in [1.54, 1.807) is 11.3 Å². The number of aromatic nitrogens is 1. The number of nitrogens with one attached hydrogen (secondary N) is 1. The summed E-state index contributed by atoms with van der Waals surface area (Å²) in [6, 6.07) is 8.44. The van der Waals surface area contributed by atoms with Gasteiger partial charge in [-0.1, -0.05) is 30.7 Å². The van der Waals surface area contributed by atoms with Crippen LogP contribution >= 0.6 is 34.7 Å². The minimum atomic E-state index is 0.418. The normalized spacial score (nSPS) is 12.6. The molecule has 5 heteroatoms. The number of hydrogen-bond donors (Lipinski definition) is 1. The highest BCUT2D eigenvalue weighted by atomic mass is 35.5. The van der Waals surface area contributed by atoms with E-state index in [4.69, 9.17) is 11.6 Å². The molecule has 0 amide bonds. The molecule has 114 valence electrons. The SMILES string of the molecule is CCNC(CSc1ccccc1Cl)Cc1nc(C)c(C)s1. The lowest BCUT2D eigenvalue weighted by Crippen LogP contribution is -2.33. The fourth-order valence-corrected chi connectivity index (χ4v) is 4.38. The van der Waals surface area contributed by atoms with Crippen LogP contribution in [0.5, 0.6) is 0 Å². The molecule has 0 aliphatic rings. The summed E-state index contributed by atoms with van der Waals surface area (Å²) in [6.07, 6.45) is 0.977. The van der Waals surface area contributed by atoms with Crippen LogP contribution in [0.15, 0.2) is 29.2 Å². The molecule has 2 rings (SSSR count). The summed E-state index contributed by atoms with van der Waals surface area (Å²) < 4.78 is 0. The van der Waals surface area contributed by atoms with E-state index in [-0.39, 0.29) is 0 Å². The van der Waals surface area contributed by atoms with Crippen molar-refractivity contribution in [2.75, 3.05) is 12.3 Å². The van der Waals surface area contributed by atoms with Gasteiger partial charge in [0.15, 0.2) is 0 Å². The van der Waals surface area contributed by atoms with Crippen LogP contribution in [0.4, 0.5) is 0 Å². The van der Waals surface area contributed by atoms with E-state index >= 15 is 0 Å². The second-order valence-corrected chi connectivity index (χ2v) is 7.71. The van der Waals surface area contributed by atoms with Crippen molar-refractivity contribution in [1.82, 2.24) is 10.3 Å². The number of thioether (sulfide) groups is 1. The number of benzene rings is 1. The van der Waals surface area contributed by atoms with Gasteiger partial charge in [-0.25, -0.2) is 4.98 Å². The van der Waals surface area contributed by atoms with Gasteiger partial charge in [0.05, 0.1) is 15.7 Å². The molecule has 0 saturated carbocycles. The average molecular weight is 341 g/mol. The fourth-order valence-electron chi connectivity index (χ4n) is 2.07. The number of rotatable bonds is 7. The van der Waals surface area contributed by atoms with E-state index in [2.05, 4.69) is 37.1 Å². The van der Waals surface area contributed by atoms with E-state index < -0.39 is 0 Å². The van der Waals surface area contributed by atoms with Gasteiger partial charge in [-0.05, 0) is 32.5 Å². The Balaban J connectivity index is 1.97. The van der Waals surface area contributed by atoms with E-state index in [0.717, 1.165) is 34.3 Å². The molecule has 2 aromatic rings. The Labute approximate surface area is 140 Å². The molecule has 1 aromatic heterocycles. The monoisotopic (exact) mass is 340 g/mol. The second kappa shape index (κ2) is 8.18. The van der Waals surface area contributed by atoms with Crippen molar-refractivity contribution < 1.29 is 0 Å². The minimum Gasteiger partial charge on any atom is -0.313 e. The van der Waals surface area contributed by atoms with Crippen LogP contribution in [0, 0.1) is 13.8 Å². The quantitative estimate of drug-likeness (QED) is 0.738. The molecule has 1 aromatic carbocycles. The lowest BCUT2D eigenvalue weighted by atomic mass is 10.2. The maximum atomic E-state index is 6.22. The smallest absolute Gasteiger partial charge is 0.0946 e. The first-order valence-corrected chi connectivity index (χ1v) is 9.31. The molecular formula is C16H21ClN2S2. The summed E-state index contributed by atoms with van der Waals surface area (Å²) >= 11 is 9.83. The van der Waals surface area contributed by atoms with Crippen molar-refractivity contribution in [1.29, 1.82) is 0 Å².